The van der Waals surface area contributed by atoms with Crippen LogP contribution in [0.4, 0.5) is 0 Å². The zero-order chi connectivity index (χ0) is 22.6. The van der Waals surface area contributed by atoms with E-state index in [2.05, 4.69) is 10.5 Å². The highest BCUT2D eigenvalue weighted by Crippen LogP contribution is 2.32. The van der Waals surface area contributed by atoms with Gasteiger partial charge in [-0.05, 0) is 21.8 Å². The van der Waals surface area contributed by atoms with Gasteiger partial charge >= 0.3 is 5.97 Å². The number of amides is 1. The molecule has 4 N–H and O–H groups in total. The molecular weight excluding hydrogens is 400 g/mol. The number of aliphatic hydroxyl groups is 1. The van der Waals surface area contributed by atoms with Crippen LogP contribution in [0.3, 0.4) is 0 Å². The van der Waals surface area contributed by atoms with Crippen LogP contribution in [-0.4, -0.2) is 44.5 Å². The second-order valence-electron chi connectivity index (χ2n) is 7.83. The van der Waals surface area contributed by atoms with E-state index in [1.165, 1.54) is 0 Å². The number of hydrogen-bond donors (Lipinski definition) is 4. The Morgan fingerprint density at radius 1 is 1.06 bits per heavy atom. The van der Waals surface area contributed by atoms with Crippen molar-refractivity contribution in [2.24, 2.45) is 0 Å². The summed E-state index contributed by atoms with van der Waals surface area (Å²) in [5.74, 6) is -2.72. The second-order valence-corrected chi connectivity index (χ2v) is 7.83. The summed E-state index contributed by atoms with van der Waals surface area (Å²) in [7, 11) is 0. The van der Waals surface area contributed by atoms with Crippen LogP contribution in [0.25, 0.3) is 11.1 Å². The molecule has 0 aliphatic heterocycles. The molecular formula is C23H24N2O6. The van der Waals surface area contributed by atoms with Crippen LogP contribution in [0, 0.1) is 0 Å². The number of aliphatic carboxylic acids is 1. The molecule has 1 heterocycles. The topological polar surface area (TPSA) is 133 Å². The fourth-order valence-electron chi connectivity index (χ4n) is 3.38. The lowest BCUT2D eigenvalue weighted by Gasteiger charge is -2.36. The fraction of sp³-hybridized carbons (Fsp3) is 0.261. The highest BCUT2D eigenvalue weighted by atomic mass is 16.5. The van der Waals surface area contributed by atoms with E-state index in [1.54, 1.807) is 0 Å². The SMILES string of the molecule is CC(C)(c1ccc(-c2ccccc2)cc1)[C@H](C[C@@H](O)C(=O)O)NC(=O)c1cc(O)no1. The summed E-state index contributed by atoms with van der Waals surface area (Å²) in [6.07, 6.45) is -1.90. The molecule has 0 aliphatic rings. The molecule has 162 valence electrons. The maximum absolute atomic E-state index is 12.6. The van der Waals surface area contributed by atoms with Crippen molar-refractivity contribution in [3.8, 4) is 17.0 Å². The highest BCUT2D eigenvalue weighted by Gasteiger charge is 2.36. The molecule has 1 amide bonds. The molecule has 31 heavy (non-hydrogen) atoms. The molecule has 0 fully saturated rings. The molecule has 0 unspecified atom stereocenters. The number of aliphatic hydroxyl groups excluding tert-OH is 1. The van der Waals surface area contributed by atoms with Gasteiger partial charge in [-0.15, -0.1) is 0 Å². The Morgan fingerprint density at radius 2 is 1.68 bits per heavy atom. The Labute approximate surface area is 179 Å². The fourth-order valence-corrected chi connectivity index (χ4v) is 3.38. The standard InChI is InChI=1S/C23H24N2O6/c1-23(2,16-10-8-15(9-11-16)14-6-4-3-5-7-14)19(12-17(26)22(29)30)24-21(28)18-13-20(27)25-31-18/h3-11,13,17,19,26H,12H2,1-2H3,(H,24,28)(H,25,27)(H,29,30)/t17-,19+/m1/s1. The number of hydrogen-bond acceptors (Lipinski definition) is 6. The summed E-state index contributed by atoms with van der Waals surface area (Å²) in [4.78, 5) is 23.8. The third-order valence-electron chi connectivity index (χ3n) is 5.38. The lowest BCUT2D eigenvalue weighted by atomic mass is 9.75. The van der Waals surface area contributed by atoms with Crippen molar-refractivity contribution >= 4 is 11.9 Å². The Kier molecular flexibility index (Phi) is 6.41. The Hall–Kier alpha value is -3.65. The predicted octanol–water partition coefficient (Wildman–Crippen LogP) is 2.96. The molecule has 3 aromatic rings. The smallest absolute Gasteiger partial charge is 0.332 e. The molecule has 8 nitrogen and oxygen atoms in total. The number of carboxylic acid groups (broad SMARTS) is 1. The van der Waals surface area contributed by atoms with E-state index in [0.29, 0.717) is 0 Å². The molecule has 0 spiro atoms. The van der Waals surface area contributed by atoms with E-state index in [4.69, 9.17) is 9.63 Å². The Bertz CT molecular complexity index is 1040. The molecule has 0 aliphatic carbocycles. The average Bonchev–Trinajstić information content (AvgIpc) is 3.20. The van der Waals surface area contributed by atoms with Gasteiger partial charge in [0.25, 0.3) is 11.8 Å². The van der Waals surface area contributed by atoms with Crippen LogP contribution in [-0.2, 0) is 10.2 Å². The molecule has 2 atom stereocenters. The third-order valence-corrected chi connectivity index (χ3v) is 5.38. The largest absolute Gasteiger partial charge is 0.491 e. The zero-order valence-electron chi connectivity index (χ0n) is 17.1. The van der Waals surface area contributed by atoms with Crippen molar-refractivity contribution in [3.63, 3.8) is 0 Å². The average molecular weight is 424 g/mol. The number of aromatic hydroxyl groups is 1. The maximum atomic E-state index is 12.6. The predicted molar refractivity (Wildman–Crippen MR) is 113 cm³/mol. The number of benzene rings is 2. The van der Waals surface area contributed by atoms with Gasteiger partial charge in [-0.1, -0.05) is 68.4 Å². The van der Waals surface area contributed by atoms with Crippen LogP contribution < -0.4 is 5.32 Å². The number of rotatable bonds is 8. The number of nitrogens with zero attached hydrogens (tertiary/aromatic N) is 1. The first-order valence-electron chi connectivity index (χ1n) is 9.72. The van der Waals surface area contributed by atoms with E-state index in [-0.39, 0.29) is 12.2 Å². The van der Waals surface area contributed by atoms with E-state index in [9.17, 15) is 19.8 Å². The van der Waals surface area contributed by atoms with Crippen LogP contribution in [0.2, 0.25) is 0 Å². The normalized spacial score (nSPS) is 13.4. The number of aromatic nitrogens is 1. The van der Waals surface area contributed by atoms with E-state index in [0.717, 1.165) is 22.8 Å². The Balaban J connectivity index is 1.88. The van der Waals surface area contributed by atoms with Crippen LogP contribution in [0.1, 0.15) is 36.4 Å². The van der Waals surface area contributed by atoms with Gasteiger partial charge in [-0.2, -0.15) is 0 Å². The van der Waals surface area contributed by atoms with Gasteiger partial charge in [0.05, 0.1) is 6.07 Å². The van der Waals surface area contributed by atoms with E-state index in [1.807, 2.05) is 68.4 Å². The molecule has 0 radical (unpaired) electrons. The van der Waals surface area contributed by atoms with Crippen molar-refractivity contribution in [1.29, 1.82) is 0 Å². The van der Waals surface area contributed by atoms with Gasteiger partial charge < -0.3 is 25.2 Å². The summed E-state index contributed by atoms with van der Waals surface area (Å²) in [6, 6.07) is 17.9. The van der Waals surface area contributed by atoms with E-state index >= 15 is 0 Å². The summed E-state index contributed by atoms with van der Waals surface area (Å²) in [6.45, 7) is 3.70. The van der Waals surface area contributed by atoms with Gasteiger partial charge in [-0.25, -0.2) is 4.79 Å². The summed E-state index contributed by atoms with van der Waals surface area (Å²) >= 11 is 0. The maximum Gasteiger partial charge on any atom is 0.332 e. The number of carbonyl (C=O) groups excluding carboxylic acids is 1. The van der Waals surface area contributed by atoms with Crippen molar-refractivity contribution in [2.45, 2.75) is 37.8 Å². The van der Waals surface area contributed by atoms with Gasteiger partial charge in [0.1, 0.15) is 0 Å². The van der Waals surface area contributed by atoms with Crippen LogP contribution in [0.15, 0.2) is 65.2 Å². The zero-order valence-corrected chi connectivity index (χ0v) is 17.1. The molecule has 0 bridgehead atoms. The van der Waals surface area contributed by atoms with Crippen molar-refractivity contribution < 1.29 is 29.4 Å². The minimum absolute atomic E-state index is 0.220. The summed E-state index contributed by atoms with van der Waals surface area (Å²) < 4.78 is 4.77. The molecule has 0 saturated carbocycles. The molecule has 1 aromatic heterocycles. The van der Waals surface area contributed by atoms with Gasteiger partial charge in [-0.3, -0.25) is 4.79 Å². The second kappa shape index (κ2) is 9.01. The molecule has 0 saturated heterocycles. The minimum Gasteiger partial charge on any atom is -0.491 e. The molecule has 3 rings (SSSR count). The third kappa shape index (κ3) is 5.10. The van der Waals surface area contributed by atoms with Crippen molar-refractivity contribution in [1.82, 2.24) is 10.5 Å². The highest BCUT2D eigenvalue weighted by molar-refractivity contribution is 5.92. The Morgan fingerprint density at radius 3 is 2.23 bits per heavy atom. The number of carbonyl (C=O) groups is 2. The van der Waals surface area contributed by atoms with Gasteiger partial charge in [0.2, 0.25) is 5.76 Å². The molecule has 2 aromatic carbocycles. The lowest BCUT2D eigenvalue weighted by Crippen LogP contribution is -2.50. The van der Waals surface area contributed by atoms with Crippen molar-refractivity contribution in [3.05, 3.63) is 72.0 Å². The first-order valence-corrected chi connectivity index (χ1v) is 9.72. The van der Waals surface area contributed by atoms with E-state index < -0.39 is 35.3 Å². The van der Waals surface area contributed by atoms with Crippen molar-refractivity contribution in [2.75, 3.05) is 0 Å². The summed E-state index contributed by atoms with van der Waals surface area (Å²) in [5, 5.41) is 34.4. The lowest BCUT2D eigenvalue weighted by molar-refractivity contribution is -0.147. The monoisotopic (exact) mass is 424 g/mol. The number of carboxylic acids is 1. The first kappa shape index (κ1) is 22.0. The quantitative estimate of drug-likeness (QED) is 0.437. The van der Waals surface area contributed by atoms with Crippen LogP contribution in [0.5, 0.6) is 5.88 Å². The summed E-state index contributed by atoms with van der Waals surface area (Å²) in [5.41, 5.74) is 2.17. The molecule has 8 heteroatoms. The first-order chi connectivity index (χ1) is 14.7. The van der Waals surface area contributed by atoms with Crippen LogP contribution >= 0.6 is 0 Å². The van der Waals surface area contributed by atoms with Gasteiger partial charge in [0, 0.05) is 17.9 Å². The number of nitrogens with one attached hydrogen (secondary N) is 1. The minimum atomic E-state index is -1.67. The van der Waals surface area contributed by atoms with Gasteiger partial charge in [0.15, 0.2) is 6.10 Å².